The lowest BCUT2D eigenvalue weighted by atomic mass is 9.85. The van der Waals surface area contributed by atoms with Crippen LogP contribution in [0, 0.1) is 29.1 Å². The van der Waals surface area contributed by atoms with Gasteiger partial charge in [0.2, 0.25) is 23.5 Å². The molecule has 0 aromatic carbocycles. The number of nitrogens with one attached hydrogen (secondary N) is 4. The summed E-state index contributed by atoms with van der Waals surface area (Å²) in [4.78, 5) is 67.7. The minimum absolute atomic E-state index is 0. The first kappa shape index (κ1) is 41.8. The molecule has 0 aromatic heterocycles. The first-order valence-electron chi connectivity index (χ1n) is 16.4. The molecule has 266 valence electrons. The number of amides is 4. The van der Waals surface area contributed by atoms with Gasteiger partial charge in [0, 0.05) is 51.6 Å². The first-order chi connectivity index (χ1) is 21.6. The van der Waals surface area contributed by atoms with E-state index in [4.69, 9.17) is 11.2 Å². The molecule has 0 radical (unpaired) electrons. The van der Waals surface area contributed by atoms with E-state index in [0.717, 1.165) is 19.4 Å². The zero-order chi connectivity index (χ0) is 34.5. The number of ether oxygens (including phenoxy) is 1. The summed E-state index contributed by atoms with van der Waals surface area (Å²) >= 11 is 0. The van der Waals surface area contributed by atoms with Crippen molar-refractivity contribution in [2.75, 3.05) is 46.2 Å². The molecule has 0 spiro atoms. The predicted molar refractivity (Wildman–Crippen MR) is 184 cm³/mol. The van der Waals surface area contributed by atoms with E-state index in [1.165, 1.54) is 6.08 Å². The minimum Gasteiger partial charge on any atom is -0.354 e. The van der Waals surface area contributed by atoms with Gasteiger partial charge in [-0.25, -0.2) is 0 Å². The lowest BCUT2D eigenvalue weighted by Gasteiger charge is -2.38. The van der Waals surface area contributed by atoms with Crippen LogP contribution in [0.1, 0.15) is 87.5 Å². The Morgan fingerprint density at radius 3 is 2.30 bits per heavy atom. The standard InChI is InChI=1S/C34H56N6O6.CH4/c1-9-14-24(28(42)31(44)35-17-10-2)20-36-30(43)25-15-13-19-40(25)32(45)29(34(6,7)8)38-23-46-22-37-26(33(3,4)5)21-39-18-12-11-16-27(39)41;/h1,10,24-26,29,37-38H,2,11-23H2,3-8H3,(H,35,44)(H,36,43);1H4/t24?,25-,26+,29+;/m0./s1. The van der Waals surface area contributed by atoms with Crippen molar-refractivity contribution in [2.24, 2.45) is 16.7 Å². The van der Waals surface area contributed by atoms with Crippen molar-refractivity contribution in [3.05, 3.63) is 12.7 Å². The van der Waals surface area contributed by atoms with Crippen LogP contribution in [-0.2, 0) is 28.7 Å². The highest BCUT2D eigenvalue weighted by atomic mass is 16.5. The average molecular weight is 661 g/mol. The van der Waals surface area contributed by atoms with Crippen LogP contribution in [0.5, 0.6) is 0 Å². The smallest absolute Gasteiger partial charge is 0.288 e. The van der Waals surface area contributed by atoms with E-state index >= 15 is 0 Å². The molecule has 2 fully saturated rings. The van der Waals surface area contributed by atoms with Gasteiger partial charge in [0.1, 0.15) is 6.04 Å². The molecule has 0 bridgehead atoms. The fourth-order valence-electron chi connectivity index (χ4n) is 5.68. The second kappa shape index (κ2) is 19.5. The molecule has 47 heavy (non-hydrogen) atoms. The van der Waals surface area contributed by atoms with Crippen molar-refractivity contribution in [3.63, 3.8) is 0 Å². The van der Waals surface area contributed by atoms with Crippen LogP contribution >= 0.6 is 0 Å². The molecule has 2 saturated heterocycles. The second-order valence-corrected chi connectivity index (χ2v) is 14.3. The summed E-state index contributed by atoms with van der Waals surface area (Å²) in [6.07, 6.45) is 10.6. The molecular weight excluding hydrogens is 600 g/mol. The van der Waals surface area contributed by atoms with E-state index in [2.05, 4.69) is 54.5 Å². The van der Waals surface area contributed by atoms with Crippen molar-refractivity contribution in [3.8, 4) is 12.3 Å². The Labute approximate surface area is 282 Å². The van der Waals surface area contributed by atoms with Gasteiger partial charge in [-0.2, -0.15) is 0 Å². The zero-order valence-electron chi connectivity index (χ0n) is 28.7. The number of carbonyl (C=O) groups is 5. The number of rotatable bonds is 17. The molecular formula is C35H60N6O6. The number of ketones is 1. The van der Waals surface area contributed by atoms with Gasteiger partial charge in [0.15, 0.2) is 0 Å². The van der Waals surface area contributed by atoms with Gasteiger partial charge < -0.3 is 25.2 Å². The van der Waals surface area contributed by atoms with Crippen molar-refractivity contribution in [1.82, 2.24) is 31.1 Å². The third-order valence-corrected chi connectivity index (χ3v) is 8.53. The SMILES string of the molecule is C.C#CCC(CNC(=O)[C@@H]1CCCN1C(=O)[C@@H](NCOCN[C@H](CN1CCCCC1=O)C(C)(C)C)C(C)(C)C)C(=O)C(=O)NCC=C. The molecule has 1 unspecified atom stereocenters. The summed E-state index contributed by atoms with van der Waals surface area (Å²) in [6, 6.07) is -1.31. The maximum atomic E-state index is 13.8. The molecule has 0 saturated carbocycles. The van der Waals surface area contributed by atoms with Crippen LogP contribution < -0.4 is 21.3 Å². The van der Waals surface area contributed by atoms with E-state index in [0.29, 0.717) is 32.4 Å². The summed E-state index contributed by atoms with van der Waals surface area (Å²) in [5.41, 5.74) is -0.584. The van der Waals surface area contributed by atoms with Crippen LogP contribution in [0.3, 0.4) is 0 Å². The third-order valence-electron chi connectivity index (χ3n) is 8.53. The summed E-state index contributed by atoms with van der Waals surface area (Å²) in [5, 5.41) is 11.9. The minimum atomic E-state index is -0.878. The maximum absolute atomic E-state index is 13.8. The van der Waals surface area contributed by atoms with Crippen molar-refractivity contribution < 1.29 is 28.7 Å². The van der Waals surface area contributed by atoms with Gasteiger partial charge in [0.05, 0.1) is 25.4 Å². The number of Topliss-reactive ketones (excluding diaryl/α,β-unsaturated/α-hetero) is 1. The molecule has 2 heterocycles. The molecule has 2 rings (SSSR count). The molecule has 0 aromatic rings. The molecule has 12 heteroatoms. The van der Waals surface area contributed by atoms with Crippen LogP contribution in [0.4, 0.5) is 0 Å². The van der Waals surface area contributed by atoms with Gasteiger partial charge in [0.25, 0.3) is 5.91 Å². The molecule has 4 amide bonds. The van der Waals surface area contributed by atoms with Crippen LogP contribution in [0.2, 0.25) is 0 Å². The van der Waals surface area contributed by atoms with Gasteiger partial charge in [-0.3, -0.25) is 34.6 Å². The average Bonchev–Trinajstić information content (AvgIpc) is 3.48. The maximum Gasteiger partial charge on any atom is 0.288 e. The first-order valence-corrected chi connectivity index (χ1v) is 16.4. The Balaban J connectivity index is 0.0000110. The topological polar surface area (TPSA) is 149 Å². The number of terminal acetylenes is 1. The Kier molecular flexibility index (Phi) is 17.3. The Morgan fingerprint density at radius 1 is 1.02 bits per heavy atom. The van der Waals surface area contributed by atoms with E-state index in [9.17, 15) is 24.0 Å². The molecule has 4 N–H and O–H groups in total. The van der Waals surface area contributed by atoms with E-state index < -0.39 is 35.1 Å². The quantitative estimate of drug-likeness (QED) is 0.0610. The van der Waals surface area contributed by atoms with E-state index in [-0.39, 0.29) is 69.6 Å². The fraction of sp³-hybridized carbons (Fsp3) is 0.743. The van der Waals surface area contributed by atoms with E-state index in [1.54, 1.807) is 4.90 Å². The molecule has 0 aliphatic carbocycles. The van der Waals surface area contributed by atoms with Crippen LogP contribution in [-0.4, -0.2) is 104 Å². The van der Waals surface area contributed by atoms with E-state index in [1.807, 2.05) is 25.7 Å². The normalized spacial score (nSPS) is 18.7. The number of hydrogen-bond acceptors (Lipinski definition) is 8. The number of piperidine rings is 1. The summed E-state index contributed by atoms with van der Waals surface area (Å²) in [7, 11) is 0. The number of likely N-dealkylation sites (tertiary alicyclic amines) is 2. The van der Waals surface area contributed by atoms with Crippen LogP contribution in [0.15, 0.2) is 12.7 Å². The van der Waals surface area contributed by atoms with Crippen molar-refractivity contribution >= 4 is 29.4 Å². The molecule has 12 nitrogen and oxygen atoms in total. The summed E-state index contributed by atoms with van der Waals surface area (Å²) < 4.78 is 5.88. The number of carbonyl (C=O) groups excluding carboxylic acids is 5. The van der Waals surface area contributed by atoms with Gasteiger partial charge in [-0.15, -0.1) is 18.9 Å². The highest BCUT2D eigenvalue weighted by molar-refractivity contribution is 6.37. The largest absolute Gasteiger partial charge is 0.354 e. The van der Waals surface area contributed by atoms with Crippen LogP contribution in [0.25, 0.3) is 0 Å². The molecule has 2 aliphatic rings. The van der Waals surface area contributed by atoms with Crippen molar-refractivity contribution in [2.45, 2.75) is 106 Å². The molecule has 4 atom stereocenters. The molecule has 2 aliphatic heterocycles. The van der Waals surface area contributed by atoms with Crippen molar-refractivity contribution in [1.29, 1.82) is 0 Å². The van der Waals surface area contributed by atoms with Gasteiger partial charge >= 0.3 is 0 Å². The highest BCUT2D eigenvalue weighted by Gasteiger charge is 2.41. The van der Waals surface area contributed by atoms with Gasteiger partial charge in [-0.1, -0.05) is 55.0 Å². The fourth-order valence-corrected chi connectivity index (χ4v) is 5.68. The zero-order valence-corrected chi connectivity index (χ0v) is 28.7. The monoisotopic (exact) mass is 660 g/mol. The number of hydrogen-bond donors (Lipinski definition) is 4. The summed E-state index contributed by atoms with van der Waals surface area (Å²) in [6.45, 7) is 17.9. The van der Waals surface area contributed by atoms with Gasteiger partial charge in [-0.05, 0) is 36.5 Å². The number of nitrogens with zero attached hydrogens (tertiary/aromatic N) is 2. The lowest BCUT2D eigenvalue weighted by Crippen LogP contribution is -2.57. The second-order valence-electron chi connectivity index (χ2n) is 14.3. The summed E-state index contributed by atoms with van der Waals surface area (Å²) in [5.74, 6) is -0.379. The lowest BCUT2D eigenvalue weighted by molar-refractivity contribution is -0.143. The Hall–Kier alpha value is -3.27. The predicted octanol–water partition coefficient (Wildman–Crippen LogP) is 2.19. The Morgan fingerprint density at radius 2 is 1.70 bits per heavy atom. The Bertz CT molecular complexity index is 1120. The highest BCUT2D eigenvalue weighted by Crippen LogP contribution is 2.26. The third kappa shape index (κ3) is 13.0.